The lowest BCUT2D eigenvalue weighted by Gasteiger charge is -2.30. The summed E-state index contributed by atoms with van der Waals surface area (Å²) in [6, 6.07) is 0. The van der Waals surface area contributed by atoms with Crippen LogP contribution in [0.25, 0.3) is 0 Å². The maximum atomic E-state index is 12.3. The Bertz CT molecular complexity index is 285. The van der Waals surface area contributed by atoms with E-state index in [9.17, 15) is 4.79 Å². The Balaban J connectivity index is 1.94. The van der Waals surface area contributed by atoms with Crippen LogP contribution < -0.4 is 0 Å². The third-order valence-electron chi connectivity index (χ3n) is 4.42. The van der Waals surface area contributed by atoms with Crippen LogP contribution in [0.15, 0.2) is 11.6 Å². The first-order chi connectivity index (χ1) is 8.15. The van der Waals surface area contributed by atoms with Crippen molar-refractivity contribution in [2.24, 2.45) is 17.8 Å². The van der Waals surface area contributed by atoms with Gasteiger partial charge in [-0.2, -0.15) is 0 Å². The third-order valence-corrected chi connectivity index (χ3v) is 4.42. The predicted molar refractivity (Wildman–Crippen MR) is 71.8 cm³/mol. The molecule has 2 saturated carbocycles. The summed E-state index contributed by atoms with van der Waals surface area (Å²) in [5, 5.41) is 0. The highest BCUT2D eigenvalue weighted by Gasteiger charge is 2.28. The van der Waals surface area contributed by atoms with Gasteiger partial charge in [0.25, 0.3) is 0 Å². The van der Waals surface area contributed by atoms with E-state index in [0.717, 1.165) is 24.7 Å². The van der Waals surface area contributed by atoms with E-state index in [0.29, 0.717) is 11.7 Å². The summed E-state index contributed by atoms with van der Waals surface area (Å²) >= 11 is 0. The van der Waals surface area contributed by atoms with Crippen LogP contribution >= 0.6 is 0 Å². The monoisotopic (exact) mass is 234 g/mol. The molecule has 96 valence electrons. The Kier molecular flexibility index (Phi) is 4.42. The molecule has 1 nitrogen and oxygen atoms in total. The highest BCUT2D eigenvalue weighted by atomic mass is 16.1. The van der Waals surface area contributed by atoms with Crippen LogP contribution in [-0.2, 0) is 4.79 Å². The molecule has 0 heterocycles. The first-order valence-electron chi connectivity index (χ1n) is 7.38. The summed E-state index contributed by atoms with van der Waals surface area (Å²) in [6.45, 7) is 4.59. The average Bonchev–Trinajstić information content (AvgIpc) is 2.29. The molecule has 2 fully saturated rings. The molecule has 0 amide bonds. The van der Waals surface area contributed by atoms with Crippen molar-refractivity contribution in [2.75, 3.05) is 0 Å². The van der Waals surface area contributed by atoms with E-state index >= 15 is 0 Å². The summed E-state index contributed by atoms with van der Waals surface area (Å²) in [5.41, 5.74) is 1.42. The van der Waals surface area contributed by atoms with E-state index < -0.39 is 0 Å². The maximum absolute atomic E-state index is 12.3. The molecule has 0 aromatic rings. The Morgan fingerprint density at radius 2 is 1.59 bits per heavy atom. The number of ketones is 1. The number of hydrogen-bond acceptors (Lipinski definition) is 1. The van der Waals surface area contributed by atoms with Gasteiger partial charge in [-0.05, 0) is 62.9 Å². The molecule has 17 heavy (non-hydrogen) atoms. The van der Waals surface area contributed by atoms with Crippen LogP contribution in [0.3, 0.4) is 0 Å². The van der Waals surface area contributed by atoms with Crippen LogP contribution in [0.1, 0.15) is 65.2 Å². The smallest absolute Gasteiger partial charge is 0.158 e. The minimum Gasteiger partial charge on any atom is -0.295 e. The SMILES string of the molecule is CC1CC(C)CC(C(=O)C=C2CCCCC2)C1. The molecule has 2 rings (SSSR count). The van der Waals surface area contributed by atoms with Gasteiger partial charge in [-0.25, -0.2) is 0 Å². The quantitative estimate of drug-likeness (QED) is 0.642. The Morgan fingerprint density at radius 3 is 2.18 bits per heavy atom. The molecule has 0 saturated heterocycles. The molecule has 0 spiro atoms. The minimum absolute atomic E-state index is 0.322. The van der Waals surface area contributed by atoms with E-state index in [1.54, 1.807) is 0 Å². The molecular weight excluding hydrogens is 208 g/mol. The maximum Gasteiger partial charge on any atom is 0.158 e. The van der Waals surface area contributed by atoms with E-state index in [1.807, 2.05) is 6.08 Å². The van der Waals surface area contributed by atoms with Gasteiger partial charge in [-0.3, -0.25) is 4.79 Å². The van der Waals surface area contributed by atoms with Gasteiger partial charge in [0.2, 0.25) is 0 Å². The standard InChI is InChI=1S/C16H26O/c1-12-8-13(2)10-15(9-12)16(17)11-14-6-4-3-5-7-14/h11-13,15H,3-10H2,1-2H3. The van der Waals surface area contributed by atoms with Crippen LogP contribution in [0.5, 0.6) is 0 Å². The van der Waals surface area contributed by atoms with Gasteiger partial charge >= 0.3 is 0 Å². The van der Waals surface area contributed by atoms with Crippen LogP contribution in [0.2, 0.25) is 0 Å². The molecule has 0 radical (unpaired) electrons. The average molecular weight is 234 g/mol. The lowest BCUT2D eigenvalue weighted by molar-refractivity contribution is -0.120. The lowest BCUT2D eigenvalue weighted by atomic mass is 9.74. The fraction of sp³-hybridized carbons (Fsp3) is 0.812. The molecule has 0 aromatic carbocycles. The summed E-state index contributed by atoms with van der Waals surface area (Å²) in [4.78, 5) is 12.3. The fourth-order valence-corrected chi connectivity index (χ4v) is 3.65. The van der Waals surface area contributed by atoms with Gasteiger partial charge in [-0.15, -0.1) is 0 Å². The first-order valence-corrected chi connectivity index (χ1v) is 7.38. The van der Waals surface area contributed by atoms with Gasteiger partial charge in [0, 0.05) is 5.92 Å². The summed E-state index contributed by atoms with van der Waals surface area (Å²) in [5.74, 6) is 2.22. The van der Waals surface area contributed by atoms with Gasteiger partial charge in [0.1, 0.15) is 0 Å². The van der Waals surface area contributed by atoms with Gasteiger partial charge in [0.05, 0.1) is 0 Å². The lowest BCUT2D eigenvalue weighted by Crippen LogP contribution is -2.25. The topological polar surface area (TPSA) is 17.1 Å². The summed E-state index contributed by atoms with van der Waals surface area (Å²) < 4.78 is 0. The fourth-order valence-electron chi connectivity index (χ4n) is 3.65. The Morgan fingerprint density at radius 1 is 1.00 bits per heavy atom. The molecule has 0 aliphatic heterocycles. The number of rotatable bonds is 2. The van der Waals surface area contributed by atoms with Crippen LogP contribution in [0, 0.1) is 17.8 Å². The second-order valence-electron chi connectivity index (χ2n) is 6.38. The molecule has 0 aromatic heterocycles. The van der Waals surface area contributed by atoms with Crippen molar-refractivity contribution in [1.29, 1.82) is 0 Å². The molecule has 0 N–H and O–H groups in total. The highest BCUT2D eigenvalue weighted by Crippen LogP contribution is 2.34. The van der Waals surface area contributed by atoms with Gasteiger partial charge in [0.15, 0.2) is 5.78 Å². The normalized spacial score (nSPS) is 34.5. The number of allylic oxidation sites excluding steroid dienone is 2. The zero-order valence-electron chi connectivity index (χ0n) is 11.4. The number of hydrogen-bond donors (Lipinski definition) is 0. The molecule has 2 aliphatic rings. The second-order valence-corrected chi connectivity index (χ2v) is 6.38. The van der Waals surface area contributed by atoms with Crippen molar-refractivity contribution in [1.82, 2.24) is 0 Å². The molecule has 0 bridgehead atoms. The van der Waals surface area contributed by atoms with E-state index in [1.165, 1.54) is 44.1 Å². The molecular formula is C16H26O. The van der Waals surface area contributed by atoms with E-state index in [-0.39, 0.29) is 0 Å². The largest absolute Gasteiger partial charge is 0.295 e. The van der Waals surface area contributed by atoms with Crippen molar-refractivity contribution in [3.8, 4) is 0 Å². The number of carbonyl (C=O) groups is 1. The van der Waals surface area contributed by atoms with Gasteiger partial charge in [-0.1, -0.05) is 25.8 Å². The van der Waals surface area contributed by atoms with Crippen LogP contribution in [-0.4, -0.2) is 5.78 Å². The molecule has 1 heteroatoms. The van der Waals surface area contributed by atoms with Crippen molar-refractivity contribution in [3.63, 3.8) is 0 Å². The zero-order chi connectivity index (χ0) is 12.3. The van der Waals surface area contributed by atoms with E-state index in [2.05, 4.69) is 13.8 Å². The summed E-state index contributed by atoms with van der Waals surface area (Å²) in [7, 11) is 0. The third kappa shape index (κ3) is 3.69. The van der Waals surface area contributed by atoms with Crippen molar-refractivity contribution >= 4 is 5.78 Å². The van der Waals surface area contributed by atoms with Crippen LogP contribution in [0.4, 0.5) is 0 Å². The minimum atomic E-state index is 0.322. The Labute approximate surface area is 106 Å². The van der Waals surface area contributed by atoms with Gasteiger partial charge < -0.3 is 0 Å². The molecule has 2 unspecified atom stereocenters. The Hall–Kier alpha value is -0.590. The second kappa shape index (κ2) is 5.84. The predicted octanol–water partition coefficient (Wildman–Crippen LogP) is 4.52. The highest BCUT2D eigenvalue weighted by molar-refractivity contribution is 5.92. The molecule has 2 aliphatic carbocycles. The number of carbonyl (C=O) groups excluding carboxylic acids is 1. The van der Waals surface area contributed by atoms with Crippen molar-refractivity contribution in [2.45, 2.75) is 65.2 Å². The zero-order valence-corrected chi connectivity index (χ0v) is 11.4. The summed E-state index contributed by atoms with van der Waals surface area (Å²) in [6.07, 6.45) is 11.8. The first kappa shape index (κ1) is 12.9. The van der Waals surface area contributed by atoms with Crippen molar-refractivity contribution < 1.29 is 4.79 Å². The molecule has 2 atom stereocenters. The van der Waals surface area contributed by atoms with Crippen molar-refractivity contribution in [3.05, 3.63) is 11.6 Å². The van der Waals surface area contributed by atoms with E-state index in [4.69, 9.17) is 0 Å².